The molecule has 1 unspecified atom stereocenters. The molecule has 104 valence electrons. The molecule has 1 aromatic carbocycles. The van der Waals surface area contributed by atoms with Crippen molar-refractivity contribution in [1.29, 1.82) is 0 Å². The number of rotatable bonds is 2. The molecule has 0 saturated carbocycles. The van der Waals surface area contributed by atoms with Gasteiger partial charge in [0.15, 0.2) is 0 Å². The molecule has 1 aliphatic carbocycles. The minimum atomic E-state index is -0.413. The Bertz CT molecular complexity index is 681. The smallest absolute Gasteiger partial charge is 0.270 e. The number of nitro benzene ring substituents is 1. The number of nitro groups is 1. The maximum atomic E-state index is 10.8. The second-order valence-corrected chi connectivity index (χ2v) is 5.74. The summed E-state index contributed by atoms with van der Waals surface area (Å²) in [4.78, 5) is 10.4. The average Bonchev–Trinajstić information content (AvgIpc) is 2.84. The third-order valence-electron chi connectivity index (χ3n) is 3.68. The normalized spacial score (nSPS) is 17.8. The van der Waals surface area contributed by atoms with E-state index in [1.54, 1.807) is 6.07 Å². The lowest BCUT2D eigenvalue weighted by Gasteiger charge is -2.20. The molecule has 0 saturated heterocycles. The second kappa shape index (κ2) is 5.03. The largest absolute Gasteiger partial charge is 0.388 e. The Labute approximate surface area is 124 Å². The van der Waals surface area contributed by atoms with Crippen LogP contribution in [0.4, 0.5) is 5.69 Å². The maximum Gasteiger partial charge on any atom is 0.270 e. The van der Waals surface area contributed by atoms with Crippen LogP contribution in [0.15, 0.2) is 34.9 Å². The van der Waals surface area contributed by atoms with Crippen molar-refractivity contribution in [3.8, 4) is 5.69 Å². The second-order valence-electron chi connectivity index (χ2n) is 4.89. The van der Waals surface area contributed by atoms with E-state index in [-0.39, 0.29) is 5.69 Å². The fourth-order valence-electron chi connectivity index (χ4n) is 2.70. The molecule has 20 heavy (non-hydrogen) atoms. The van der Waals surface area contributed by atoms with Gasteiger partial charge in [-0.25, -0.2) is 0 Å². The summed E-state index contributed by atoms with van der Waals surface area (Å²) in [7, 11) is 0. The van der Waals surface area contributed by atoms with E-state index in [9.17, 15) is 15.2 Å². The molecule has 1 N–H and O–H groups in total. The van der Waals surface area contributed by atoms with Crippen molar-refractivity contribution < 1.29 is 10.0 Å². The molecule has 0 aliphatic heterocycles. The molecular weight excluding hydrogens is 324 g/mol. The Morgan fingerprint density at radius 3 is 2.90 bits per heavy atom. The third-order valence-corrected chi connectivity index (χ3v) is 4.31. The van der Waals surface area contributed by atoms with Gasteiger partial charge in [-0.05, 0) is 47.3 Å². The van der Waals surface area contributed by atoms with Crippen molar-refractivity contribution in [2.75, 3.05) is 0 Å². The number of aromatic nitrogens is 1. The number of benzene rings is 1. The van der Waals surface area contributed by atoms with Crippen LogP contribution in [0.5, 0.6) is 0 Å². The summed E-state index contributed by atoms with van der Waals surface area (Å²) in [6.45, 7) is 0. The predicted octanol–water partition coefficient (Wildman–Crippen LogP) is 3.52. The lowest BCUT2D eigenvalue weighted by Crippen LogP contribution is -2.11. The van der Waals surface area contributed by atoms with Crippen LogP contribution in [0.1, 0.15) is 30.2 Å². The Kier molecular flexibility index (Phi) is 3.35. The monoisotopic (exact) mass is 336 g/mol. The van der Waals surface area contributed by atoms with Gasteiger partial charge in [-0.2, -0.15) is 0 Å². The highest BCUT2D eigenvalue weighted by Crippen LogP contribution is 2.34. The molecule has 1 aromatic heterocycles. The molecule has 0 fully saturated rings. The van der Waals surface area contributed by atoms with Crippen LogP contribution in [0.25, 0.3) is 5.69 Å². The van der Waals surface area contributed by atoms with E-state index in [1.165, 1.54) is 12.1 Å². The number of nitrogens with zero attached hydrogens (tertiary/aromatic N) is 2. The predicted molar refractivity (Wildman–Crippen MR) is 78.0 cm³/mol. The molecular formula is C14H13BrN2O3. The first-order valence-electron chi connectivity index (χ1n) is 6.40. The zero-order chi connectivity index (χ0) is 14.3. The zero-order valence-electron chi connectivity index (χ0n) is 10.6. The summed E-state index contributed by atoms with van der Waals surface area (Å²) in [5, 5.41) is 20.8. The Morgan fingerprint density at radius 2 is 2.20 bits per heavy atom. The molecule has 2 aromatic rings. The van der Waals surface area contributed by atoms with Gasteiger partial charge in [-0.1, -0.05) is 0 Å². The quantitative estimate of drug-likeness (QED) is 0.673. The van der Waals surface area contributed by atoms with Gasteiger partial charge in [-0.3, -0.25) is 10.1 Å². The van der Waals surface area contributed by atoms with Gasteiger partial charge in [0.2, 0.25) is 0 Å². The molecule has 0 amide bonds. The fraction of sp³-hybridized carbons (Fsp3) is 0.286. The van der Waals surface area contributed by atoms with Crippen LogP contribution in [0.2, 0.25) is 0 Å². The Hall–Kier alpha value is -1.66. The Balaban J connectivity index is 2.08. The molecule has 6 heteroatoms. The van der Waals surface area contributed by atoms with E-state index in [2.05, 4.69) is 15.9 Å². The lowest BCUT2D eigenvalue weighted by molar-refractivity contribution is -0.384. The van der Waals surface area contributed by atoms with E-state index in [1.807, 2.05) is 16.8 Å². The van der Waals surface area contributed by atoms with Crippen molar-refractivity contribution >= 4 is 21.6 Å². The van der Waals surface area contributed by atoms with E-state index < -0.39 is 11.0 Å². The van der Waals surface area contributed by atoms with Gasteiger partial charge in [0.25, 0.3) is 5.69 Å². The number of hydrogen-bond donors (Lipinski definition) is 1. The highest BCUT2D eigenvalue weighted by molar-refractivity contribution is 9.10. The summed E-state index contributed by atoms with van der Waals surface area (Å²) >= 11 is 3.39. The van der Waals surface area contributed by atoms with Crippen molar-refractivity contribution in [1.82, 2.24) is 4.57 Å². The number of halogens is 1. The molecule has 1 aliphatic rings. The van der Waals surface area contributed by atoms with Crippen molar-refractivity contribution in [3.63, 3.8) is 0 Å². The highest BCUT2D eigenvalue weighted by atomic mass is 79.9. The molecule has 1 atom stereocenters. The first-order chi connectivity index (χ1) is 9.58. The lowest BCUT2D eigenvalue weighted by atomic mass is 9.95. The number of hydrogen-bond acceptors (Lipinski definition) is 3. The van der Waals surface area contributed by atoms with Gasteiger partial charge in [0.05, 0.1) is 16.7 Å². The summed E-state index contributed by atoms with van der Waals surface area (Å²) in [6, 6.07) is 6.64. The maximum absolute atomic E-state index is 10.8. The van der Waals surface area contributed by atoms with Crippen LogP contribution in [0, 0.1) is 10.1 Å². The van der Waals surface area contributed by atoms with Crippen LogP contribution < -0.4 is 0 Å². The molecule has 1 heterocycles. The third kappa shape index (κ3) is 2.14. The number of aliphatic hydroxyl groups is 1. The summed E-state index contributed by atoms with van der Waals surface area (Å²) < 4.78 is 2.66. The van der Waals surface area contributed by atoms with Crippen molar-refractivity contribution in [2.45, 2.75) is 25.4 Å². The first-order valence-corrected chi connectivity index (χ1v) is 7.19. The van der Waals surface area contributed by atoms with Gasteiger partial charge in [-0.15, -0.1) is 0 Å². The molecule has 3 rings (SSSR count). The number of fused-ring (bicyclic) bond motifs is 1. The fourth-order valence-corrected chi connectivity index (χ4v) is 3.25. The van der Waals surface area contributed by atoms with Crippen LogP contribution in [-0.2, 0) is 6.42 Å². The summed E-state index contributed by atoms with van der Waals surface area (Å²) in [5.41, 5.74) is 2.95. The highest BCUT2D eigenvalue weighted by Gasteiger charge is 2.22. The summed E-state index contributed by atoms with van der Waals surface area (Å²) in [5.74, 6) is 0. The van der Waals surface area contributed by atoms with E-state index in [0.717, 1.165) is 36.2 Å². The standard InChI is InChI=1S/C14H13BrN2O3/c15-11-8-9(17(19)20)4-5-13(11)16-7-6-10-12(16)2-1-3-14(10)18/h4-8,14,18H,1-3H2. The topological polar surface area (TPSA) is 68.3 Å². The average molecular weight is 337 g/mol. The first kappa shape index (κ1) is 13.3. The minimum absolute atomic E-state index is 0.0571. The van der Waals surface area contributed by atoms with Crippen molar-refractivity contribution in [2.24, 2.45) is 0 Å². The van der Waals surface area contributed by atoms with E-state index in [0.29, 0.717) is 4.47 Å². The molecule has 0 radical (unpaired) electrons. The minimum Gasteiger partial charge on any atom is -0.388 e. The van der Waals surface area contributed by atoms with Crippen LogP contribution in [-0.4, -0.2) is 14.6 Å². The molecule has 5 nitrogen and oxygen atoms in total. The van der Waals surface area contributed by atoms with Crippen LogP contribution >= 0.6 is 15.9 Å². The molecule has 0 bridgehead atoms. The molecule has 0 spiro atoms. The SMILES string of the molecule is O=[N+]([O-])c1ccc(-n2ccc3c2CCCC3O)c(Br)c1. The van der Waals surface area contributed by atoms with Crippen molar-refractivity contribution in [3.05, 3.63) is 56.3 Å². The Morgan fingerprint density at radius 1 is 1.40 bits per heavy atom. The van der Waals surface area contributed by atoms with Gasteiger partial charge in [0.1, 0.15) is 0 Å². The summed E-state index contributed by atoms with van der Waals surface area (Å²) in [6.07, 6.45) is 4.15. The van der Waals surface area contributed by atoms with Gasteiger partial charge < -0.3 is 9.67 Å². The van der Waals surface area contributed by atoms with E-state index >= 15 is 0 Å². The van der Waals surface area contributed by atoms with Crippen LogP contribution in [0.3, 0.4) is 0 Å². The van der Waals surface area contributed by atoms with Gasteiger partial charge >= 0.3 is 0 Å². The van der Waals surface area contributed by atoms with Gasteiger partial charge in [0, 0.05) is 34.1 Å². The number of aliphatic hydroxyl groups excluding tert-OH is 1. The zero-order valence-corrected chi connectivity index (χ0v) is 12.2. The van der Waals surface area contributed by atoms with E-state index in [4.69, 9.17) is 0 Å². The number of non-ortho nitro benzene ring substituents is 1.